The number of thiophene rings is 1. The summed E-state index contributed by atoms with van der Waals surface area (Å²) < 4.78 is 24.5. The van der Waals surface area contributed by atoms with Gasteiger partial charge in [0, 0.05) is 22.1 Å². The van der Waals surface area contributed by atoms with E-state index < -0.39 is 9.05 Å². The molecule has 19 heavy (non-hydrogen) atoms. The van der Waals surface area contributed by atoms with E-state index in [0.717, 1.165) is 17.7 Å². The van der Waals surface area contributed by atoms with E-state index in [2.05, 4.69) is 17.1 Å². The van der Waals surface area contributed by atoms with Crippen LogP contribution in [0.1, 0.15) is 25.1 Å². The van der Waals surface area contributed by atoms with Crippen LogP contribution in [0.4, 0.5) is 0 Å². The number of hydrogen-bond donors (Lipinski definition) is 0. The minimum Gasteiger partial charge on any atom is -0.296 e. The molecule has 0 amide bonds. The molecular formula is C11H14ClN3O2S2. The Labute approximate surface area is 120 Å². The number of aryl methyl sites for hydroxylation is 1. The summed E-state index contributed by atoms with van der Waals surface area (Å²) in [5.74, 6) is 0.561. The molecule has 8 heteroatoms. The van der Waals surface area contributed by atoms with Crippen molar-refractivity contribution in [3.8, 4) is 10.7 Å². The maximum absolute atomic E-state index is 11.5. The molecular weight excluding hydrogens is 306 g/mol. The lowest BCUT2D eigenvalue weighted by molar-refractivity contribution is 0.570. The van der Waals surface area contributed by atoms with Gasteiger partial charge in [0.05, 0.1) is 4.88 Å². The van der Waals surface area contributed by atoms with Crippen molar-refractivity contribution >= 4 is 31.1 Å². The van der Waals surface area contributed by atoms with Crippen molar-refractivity contribution in [2.75, 3.05) is 0 Å². The Bertz CT molecular complexity index is 676. The fourth-order valence-corrected chi connectivity index (χ4v) is 3.63. The van der Waals surface area contributed by atoms with Gasteiger partial charge in [0.25, 0.3) is 14.2 Å². The van der Waals surface area contributed by atoms with Crippen LogP contribution in [-0.2, 0) is 22.0 Å². The Morgan fingerprint density at radius 1 is 1.32 bits per heavy atom. The van der Waals surface area contributed by atoms with Crippen LogP contribution in [0.15, 0.2) is 17.3 Å². The van der Waals surface area contributed by atoms with Crippen LogP contribution in [0.5, 0.6) is 0 Å². The van der Waals surface area contributed by atoms with Crippen molar-refractivity contribution in [2.45, 2.75) is 38.4 Å². The minimum atomic E-state index is -3.88. The molecule has 0 fully saturated rings. The van der Waals surface area contributed by atoms with Crippen LogP contribution < -0.4 is 0 Å². The molecule has 0 aliphatic rings. The van der Waals surface area contributed by atoms with Gasteiger partial charge >= 0.3 is 0 Å². The van der Waals surface area contributed by atoms with E-state index in [9.17, 15) is 8.42 Å². The first kappa shape index (κ1) is 14.5. The highest BCUT2D eigenvalue weighted by molar-refractivity contribution is 8.13. The SMILES string of the molecule is CCCn1c(-c2ccc(CC)s2)nnc1S(=O)(=O)Cl. The Morgan fingerprint density at radius 3 is 2.58 bits per heavy atom. The van der Waals surface area contributed by atoms with Crippen molar-refractivity contribution in [1.82, 2.24) is 14.8 Å². The zero-order valence-corrected chi connectivity index (χ0v) is 13.0. The molecule has 0 atom stereocenters. The fourth-order valence-electron chi connectivity index (χ4n) is 1.76. The molecule has 0 aliphatic carbocycles. The smallest absolute Gasteiger partial charge is 0.296 e. The van der Waals surface area contributed by atoms with Gasteiger partial charge < -0.3 is 0 Å². The van der Waals surface area contributed by atoms with E-state index in [4.69, 9.17) is 10.7 Å². The fraction of sp³-hybridized carbons (Fsp3) is 0.455. The summed E-state index contributed by atoms with van der Waals surface area (Å²) in [6.45, 7) is 4.55. The van der Waals surface area contributed by atoms with Crippen molar-refractivity contribution in [3.63, 3.8) is 0 Å². The summed E-state index contributed by atoms with van der Waals surface area (Å²) in [6, 6.07) is 3.95. The second-order valence-electron chi connectivity index (χ2n) is 4.02. The molecule has 2 rings (SSSR count). The lowest BCUT2D eigenvalue weighted by Gasteiger charge is -2.05. The third-order valence-corrected chi connectivity index (χ3v) is 4.99. The standard InChI is InChI=1S/C11H14ClN3O2S2/c1-3-7-15-10(9-6-5-8(4-2)18-9)13-14-11(15)19(12,16)17/h5-6H,3-4,7H2,1-2H3. The molecule has 0 spiro atoms. The van der Waals surface area contributed by atoms with Gasteiger partial charge in [-0.1, -0.05) is 13.8 Å². The van der Waals surface area contributed by atoms with Gasteiger partial charge in [0.1, 0.15) is 0 Å². The average molecular weight is 320 g/mol. The van der Waals surface area contributed by atoms with Gasteiger partial charge in [-0.2, -0.15) is 0 Å². The molecule has 0 bridgehead atoms. The number of nitrogens with zero attached hydrogens (tertiary/aromatic N) is 3. The summed E-state index contributed by atoms with van der Waals surface area (Å²) in [7, 11) is 1.51. The maximum atomic E-state index is 11.5. The van der Waals surface area contributed by atoms with Gasteiger partial charge in [-0.05, 0) is 25.0 Å². The van der Waals surface area contributed by atoms with Gasteiger partial charge in [-0.15, -0.1) is 21.5 Å². The zero-order chi connectivity index (χ0) is 14.0. The molecule has 0 N–H and O–H groups in total. The normalized spacial score (nSPS) is 11.9. The quantitative estimate of drug-likeness (QED) is 0.795. The molecule has 0 radical (unpaired) electrons. The van der Waals surface area contributed by atoms with E-state index in [1.54, 1.807) is 15.9 Å². The number of aromatic nitrogens is 3. The predicted octanol–water partition coefficient (Wildman–Crippen LogP) is 2.91. The van der Waals surface area contributed by atoms with Gasteiger partial charge in [0.2, 0.25) is 0 Å². The Hall–Kier alpha value is -0.920. The Balaban J connectivity index is 2.54. The highest BCUT2D eigenvalue weighted by Crippen LogP contribution is 2.29. The van der Waals surface area contributed by atoms with Gasteiger partial charge in [-0.25, -0.2) is 8.42 Å². The van der Waals surface area contributed by atoms with Crippen LogP contribution in [0.25, 0.3) is 10.7 Å². The van der Waals surface area contributed by atoms with Gasteiger partial charge in [0.15, 0.2) is 5.82 Å². The molecule has 0 unspecified atom stereocenters. The van der Waals surface area contributed by atoms with Crippen molar-refractivity contribution in [1.29, 1.82) is 0 Å². The molecule has 0 aromatic carbocycles. The van der Waals surface area contributed by atoms with Crippen LogP contribution in [-0.4, -0.2) is 23.2 Å². The summed E-state index contributed by atoms with van der Waals surface area (Å²) >= 11 is 1.59. The topological polar surface area (TPSA) is 64.8 Å². The molecule has 2 aromatic rings. The van der Waals surface area contributed by atoms with E-state index in [1.165, 1.54) is 4.88 Å². The zero-order valence-electron chi connectivity index (χ0n) is 10.6. The monoisotopic (exact) mass is 319 g/mol. The summed E-state index contributed by atoms with van der Waals surface area (Å²) in [5.41, 5.74) is 0. The maximum Gasteiger partial charge on any atom is 0.296 e. The van der Waals surface area contributed by atoms with E-state index in [0.29, 0.717) is 12.4 Å². The van der Waals surface area contributed by atoms with E-state index in [-0.39, 0.29) is 5.16 Å². The number of rotatable bonds is 5. The lowest BCUT2D eigenvalue weighted by atomic mass is 10.3. The second-order valence-corrected chi connectivity index (χ2v) is 7.64. The van der Waals surface area contributed by atoms with Crippen molar-refractivity contribution < 1.29 is 8.42 Å². The molecule has 2 aromatic heterocycles. The highest BCUT2D eigenvalue weighted by Gasteiger charge is 2.23. The molecule has 2 heterocycles. The van der Waals surface area contributed by atoms with Crippen LogP contribution in [0.2, 0.25) is 0 Å². The van der Waals surface area contributed by atoms with Crippen LogP contribution in [0.3, 0.4) is 0 Å². The molecule has 0 aliphatic heterocycles. The predicted molar refractivity (Wildman–Crippen MR) is 76.0 cm³/mol. The van der Waals surface area contributed by atoms with Crippen LogP contribution in [0, 0.1) is 0 Å². The minimum absolute atomic E-state index is 0.183. The Kier molecular flexibility index (Phi) is 4.27. The van der Waals surface area contributed by atoms with Gasteiger partial charge in [-0.3, -0.25) is 4.57 Å². The van der Waals surface area contributed by atoms with E-state index >= 15 is 0 Å². The molecule has 0 saturated heterocycles. The third kappa shape index (κ3) is 2.98. The summed E-state index contributed by atoms with van der Waals surface area (Å²) in [6.07, 6.45) is 1.71. The first-order chi connectivity index (χ1) is 8.97. The third-order valence-electron chi connectivity index (χ3n) is 2.61. The molecule has 0 saturated carbocycles. The highest BCUT2D eigenvalue weighted by atomic mass is 35.7. The van der Waals surface area contributed by atoms with Crippen molar-refractivity contribution in [2.24, 2.45) is 0 Å². The summed E-state index contributed by atoms with van der Waals surface area (Å²) in [5, 5.41) is 7.51. The average Bonchev–Trinajstić information content (AvgIpc) is 2.93. The number of halogens is 1. The van der Waals surface area contributed by atoms with Crippen molar-refractivity contribution in [3.05, 3.63) is 17.0 Å². The Morgan fingerprint density at radius 2 is 2.05 bits per heavy atom. The first-order valence-electron chi connectivity index (χ1n) is 5.94. The second kappa shape index (κ2) is 5.60. The molecule has 5 nitrogen and oxygen atoms in total. The lowest BCUT2D eigenvalue weighted by Crippen LogP contribution is -2.07. The van der Waals surface area contributed by atoms with E-state index in [1.807, 2.05) is 19.1 Å². The number of hydrogen-bond acceptors (Lipinski definition) is 5. The molecule has 104 valence electrons. The largest absolute Gasteiger partial charge is 0.296 e. The van der Waals surface area contributed by atoms with Crippen LogP contribution >= 0.6 is 22.0 Å². The first-order valence-corrected chi connectivity index (χ1v) is 9.06. The summed E-state index contributed by atoms with van der Waals surface area (Å²) in [4.78, 5) is 2.13.